The van der Waals surface area contributed by atoms with Crippen molar-refractivity contribution in [2.45, 2.75) is 213 Å². The van der Waals surface area contributed by atoms with Gasteiger partial charge in [-0.3, -0.25) is 24.1 Å². The Bertz CT molecular complexity index is 947. The number of nitrogens with zero attached hydrogens (tertiary/aromatic N) is 1. The third kappa shape index (κ3) is 39.0. The number of carbonyl (C=O) groups is 4. The average Bonchev–Trinajstić information content (AvgIpc) is 3.14. The van der Waals surface area contributed by atoms with Crippen LogP contribution in [0.2, 0.25) is 0 Å². The second-order valence-electron chi connectivity index (χ2n) is 15.1. The standard InChI is InChI=1S/C45H81NO8/c1-3-5-7-9-11-13-15-17-19-21-23-25-27-29-31-33-44(51)53-40-41(39-46(37-35-42(47)48)38-36-43(49)50)54-45(52)34-32-30-28-26-24-22-20-18-16-14-12-10-8-6-4-2/h17-20,41H,3-16,21-40H2,1-2H3,(H,47,48)(H,49,50)/b19-17-,20-18-. The minimum Gasteiger partial charge on any atom is -0.481 e. The number of unbranched alkanes of at least 4 members (excludes halogenated alkanes) is 22. The minimum atomic E-state index is -1.00. The smallest absolute Gasteiger partial charge is 0.306 e. The summed E-state index contributed by atoms with van der Waals surface area (Å²) >= 11 is 0. The van der Waals surface area contributed by atoms with Gasteiger partial charge in [-0.05, 0) is 64.2 Å². The predicted octanol–water partition coefficient (Wildman–Crippen LogP) is 11.8. The van der Waals surface area contributed by atoms with Gasteiger partial charge in [0.1, 0.15) is 12.7 Å². The molecule has 0 heterocycles. The third-order valence-corrected chi connectivity index (χ3v) is 9.76. The molecule has 9 nitrogen and oxygen atoms in total. The van der Waals surface area contributed by atoms with Crippen LogP contribution in [0.1, 0.15) is 206 Å². The number of ether oxygens (including phenoxy) is 2. The first-order chi connectivity index (χ1) is 26.3. The summed E-state index contributed by atoms with van der Waals surface area (Å²) in [4.78, 5) is 49.4. The topological polar surface area (TPSA) is 130 Å². The lowest BCUT2D eigenvalue weighted by Gasteiger charge is -2.26. The molecule has 0 saturated heterocycles. The summed E-state index contributed by atoms with van der Waals surface area (Å²) in [5.41, 5.74) is 0. The number of rotatable bonds is 41. The van der Waals surface area contributed by atoms with Crippen molar-refractivity contribution in [1.29, 1.82) is 0 Å². The molecule has 0 radical (unpaired) electrons. The van der Waals surface area contributed by atoms with E-state index in [4.69, 9.17) is 9.47 Å². The maximum atomic E-state index is 12.8. The molecule has 0 aromatic heterocycles. The van der Waals surface area contributed by atoms with Crippen LogP contribution in [0.15, 0.2) is 24.3 Å². The van der Waals surface area contributed by atoms with Gasteiger partial charge in [0.2, 0.25) is 0 Å². The number of hydrogen-bond donors (Lipinski definition) is 2. The highest BCUT2D eigenvalue weighted by molar-refractivity contribution is 5.70. The van der Waals surface area contributed by atoms with Crippen LogP contribution in [0, 0.1) is 0 Å². The Kier molecular flexibility index (Phi) is 38.0. The van der Waals surface area contributed by atoms with Gasteiger partial charge in [0.15, 0.2) is 0 Å². The Balaban J connectivity index is 4.48. The zero-order valence-corrected chi connectivity index (χ0v) is 34.7. The quantitative estimate of drug-likeness (QED) is 0.0355. The van der Waals surface area contributed by atoms with E-state index < -0.39 is 18.0 Å². The van der Waals surface area contributed by atoms with E-state index in [0.29, 0.717) is 6.42 Å². The average molecular weight is 764 g/mol. The van der Waals surface area contributed by atoms with E-state index in [0.717, 1.165) is 70.6 Å². The summed E-state index contributed by atoms with van der Waals surface area (Å²) in [5, 5.41) is 18.4. The summed E-state index contributed by atoms with van der Waals surface area (Å²) < 4.78 is 11.2. The SMILES string of the molecule is CCCCCCCC/C=C\CCCCCCCC(=O)OCC(CN(CCC(=O)O)CCC(=O)O)OC(=O)CCCCCCC/C=C\CCCCCCCC. The number of aliphatic carboxylic acids is 2. The number of allylic oxidation sites excluding steroid dienone is 4. The molecule has 9 heteroatoms. The van der Waals surface area contributed by atoms with Crippen LogP contribution in [0.5, 0.6) is 0 Å². The van der Waals surface area contributed by atoms with Crippen molar-refractivity contribution in [3.8, 4) is 0 Å². The molecule has 0 aromatic carbocycles. The molecule has 54 heavy (non-hydrogen) atoms. The Labute approximate surface area is 330 Å². The van der Waals surface area contributed by atoms with E-state index in [9.17, 15) is 29.4 Å². The molecule has 0 rings (SSSR count). The van der Waals surface area contributed by atoms with Crippen molar-refractivity contribution in [2.75, 3.05) is 26.2 Å². The minimum absolute atomic E-state index is 0.0966. The number of esters is 2. The van der Waals surface area contributed by atoms with Gasteiger partial charge in [-0.25, -0.2) is 0 Å². The fraction of sp³-hybridized carbons (Fsp3) is 0.822. The fourth-order valence-corrected chi connectivity index (χ4v) is 6.40. The molecule has 0 aliphatic heterocycles. The van der Waals surface area contributed by atoms with Crippen molar-refractivity contribution >= 4 is 23.9 Å². The first kappa shape index (κ1) is 51.3. The van der Waals surface area contributed by atoms with Gasteiger partial charge in [-0.15, -0.1) is 0 Å². The monoisotopic (exact) mass is 764 g/mol. The molecule has 0 aliphatic carbocycles. The normalized spacial score (nSPS) is 12.2. The van der Waals surface area contributed by atoms with Gasteiger partial charge in [-0.1, -0.05) is 141 Å². The van der Waals surface area contributed by atoms with Gasteiger partial charge < -0.3 is 19.7 Å². The maximum absolute atomic E-state index is 12.8. The summed E-state index contributed by atoms with van der Waals surface area (Å²) in [6.45, 7) is 4.66. The molecular formula is C45H81NO8. The van der Waals surface area contributed by atoms with Crippen molar-refractivity contribution in [3.05, 3.63) is 24.3 Å². The van der Waals surface area contributed by atoms with Crippen LogP contribution < -0.4 is 0 Å². The highest BCUT2D eigenvalue weighted by Gasteiger charge is 2.22. The lowest BCUT2D eigenvalue weighted by Crippen LogP contribution is -2.40. The van der Waals surface area contributed by atoms with E-state index in [1.54, 1.807) is 4.90 Å². The molecule has 1 unspecified atom stereocenters. The van der Waals surface area contributed by atoms with Gasteiger partial charge in [0.05, 0.1) is 12.8 Å². The van der Waals surface area contributed by atoms with E-state index in [-0.39, 0.29) is 63.9 Å². The number of carbonyl (C=O) groups excluding carboxylic acids is 2. The molecule has 0 bridgehead atoms. The predicted molar refractivity (Wildman–Crippen MR) is 221 cm³/mol. The Morgan fingerprint density at radius 1 is 0.481 bits per heavy atom. The molecule has 0 saturated carbocycles. The van der Waals surface area contributed by atoms with Gasteiger partial charge >= 0.3 is 23.9 Å². The van der Waals surface area contributed by atoms with Crippen LogP contribution >= 0.6 is 0 Å². The molecule has 0 aliphatic rings. The Morgan fingerprint density at radius 2 is 0.833 bits per heavy atom. The Hall–Kier alpha value is -2.68. The van der Waals surface area contributed by atoms with Crippen LogP contribution in [0.4, 0.5) is 0 Å². The molecule has 0 spiro atoms. The van der Waals surface area contributed by atoms with E-state index in [1.165, 1.54) is 89.9 Å². The fourth-order valence-electron chi connectivity index (χ4n) is 6.40. The van der Waals surface area contributed by atoms with Crippen molar-refractivity contribution in [2.24, 2.45) is 0 Å². The number of hydrogen-bond acceptors (Lipinski definition) is 7. The van der Waals surface area contributed by atoms with Gasteiger partial charge in [-0.2, -0.15) is 0 Å². The summed E-state index contributed by atoms with van der Waals surface area (Å²) in [5.74, 6) is -2.74. The molecule has 0 fully saturated rings. The van der Waals surface area contributed by atoms with E-state index in [2.05, 4.69) is 38.2 Å². The Morgan fingerprint density at radius 3 is 1.22 bits per heavy atom. The molecule has 0 amide bonds. The summed E-state index contributed by atoms with van der Waals surface area (Å²) in [7, 11) is 0. The first-order valence-corrected chi connectivity index (χ1v) is 22.1. The lowest BCUT2D eigenvalue weighted by atomic mass is 10.1. The number of carboxylic acid groups (broad SMARTS) is 2. The zero-order valence-electron chi connectivity index (χ0n) is 34.7. The van der Waals surface area contributed by atoms with Gasteiger partial charge in [0.25, 0.3) is 0 Å². The lowest BCUT2D eigenvalue weighted by molar-refractivity contribution is -0.160. The summed E-state index contributed by atoms with van der Waals surface area (Å²) in [6.07, 6.45) is 39.0. The number of carboxylic acids is 2. The second kappa shape index (κ2) is 40.0. The van der Waals surface area contributed by atoms with Crippen molar-refractivity contribution < 1.29 is 38.9 Å². The molecule has 314 valence electrons. The molecule has 0 aromatic rings. The highest BCUT2D eigenvalue weighted by atomic mass is 16.6. The first-order valence-electron chi connectivity index (χ1n) is 22.1. The molecular weight excluding hydrogens is 682 g/mol. The van der Waals surface area contributed by atoms with Crippen LogP contribution in [0.3, 0.4) is 0 Å². The van der Waals surface area contributed by atoms with E-state index >= 15 is 0 Å². The van der Waals surface area contributed by atoms with Crippen molar-refractivity contribution in [3.63, 3.8) is 0 Å². The third-order valence-electron chi connectivity index (χ3n) is 9.76. The van der Waals surface area contributed by atoms with Crippen LogP contribution in [0.25, 0.3) is 0 Å². The molecule has 2 N–H and O–H groups in total. The van der Waals surface area contributed by atoms with Crippen molar-refractivity contribution in [1.82, 2.24) is 4.90 Å². The van der Waals surface area contributed by atoms with Gasteiger partial charge in [0, 0.05) is 32.5 Å². The molecule has 1 atom stereocenters. The maximum Gasteiger partial charge on any atom is 0.306 e. The second-order valence-corrected chi connectivity index (χ2v) is 15.1. The highest BCUT2D eigenvalue weighted by Crippen LogP contribution is 2.13. The van der Waals surface area contributed by atoms with Crippen LogP contribution in [-0.4, -0.2) is 71.3 Å². The van der Waals surface area contributed by atoms with Crippen LogP contribution in [-0.2, 0) is 28.7 Å². The van der Waals surface area contributed by atoms with E-state index in [1.807, 2.05) is 0 Å². The zero-order chi connectivity index (χ0) is 39.7. The summed E-state index contributed by atoms with van der Waals surface area (Å²) in [6, 6.07) is 0. The largest absolute Gasteiger partial charge is 0.481 e.